The molecule has 0 aliphatic heterocycles. The van der Waals surface area contributed by atoms with E-state index in [1.807, 2.05) is 18.2 Å². The van der Waals surface area contributed by atoms with Crippen LogP contribution < -0.4 is 33.6 Å². The van der Waals surface area contributed by atoms with Gasteiger partial charge in [-0.25, -0.2) is 0 Å². The summed E-state index contributed by atoms with van der Waals surface area (Å²) in [5, 5.41) is 6.64. The molecule has 1 aromatic rings. The van der Waals surface area contributed by atoms with Gasteiger partial charge in [-0.1, -0.05) is 24.3 Å². The third-order valence-electron chi connectivity index (χ3n) is 3.61. The van der Waals surface area contributed by atoms with Crippen LogP contribution in [0.25, 0.3) is 0 Å². The second-order valence-electron chi connectivity index (χ2n) is 5.58. The molecule has 0 saturated heterocycles. The van der Waals surface area contributed by atoms with Gasteiger partial charge in [0.15, 0.2) is 0 Å². The first-order chi connectivity index (χ1) is 10.7. The first kappa shape index (κ1) is 19.0. The maximum absolute atomic E-state index is 6.22. The Labute approximate surface area is 134 Å². The topological polar surface area (TPSA) is 128 Å². The third kappa shape index (κ3) is 7.31. The molecular weight excluding hydrogens is 276 g/mol. The average Bonchev–Trinajstić information content (AvgIpc) is 2.55. The molecule has 6 nitrogen and oxygen atoms in total. The van der Waals surface area contributed by atoms with E-state index in [1.165, 1.54) is 0 Å². The molecule has 0 fully saturated rings. The van der Waals surface area contributed by atoms with E-state index in [0.717, 1.165) is 50.1 Å². The van der Waals surface area contributed by atoms with Crippen LogP contribution in [0.5, 0.6) is 0 Å². The van der Waals surface area contributed by atoms with Crippen LogP contribution in [-0.2, 0) is 0 Å². The zero-order valence-electron chi connectivity index (χ0n) is 13.4. The summed E-state index contributed by atoms with van der Waals surface area (Å²) in [7, 11) is 0. The van der Waals surface area contributed by atoms with Gasteiger partial charge < -0.3 is 33.6 Å². The molecule has 6 heteroatoms. The summed E-state index contributed by atoms with van der Waals surface area (Å²) in [5.41, 5.74) is 25.6. The number of hydrogen-bond acceptors (Lipinski definition) is 6. The Bertz CT molecular complexity index is 365. The van der Waals surface area contributed by atoms with Crippen LogP contribution in [0.3, 0.4) is 0 Å². The van der Waals surface area contributed by atoms with Crippen molar-refractivity contribution in [3.63, 3.8) is 0 Å². The molecule has 0 bridgehead atoms. The highest BCUT2D eigenvalue weighted by Gasteiger charge is 2.10. The number of benzene rings is 1. The fraction of sp³-hybridized carbons (Fsp3) is 0.625. The van der Waals surface area contributed by atoms with Crippen molar-refractivity contribution < 1.29 is 0 Å². The van der Waals surface area contributed by atoms with Crippen LogP contribution in [0.1, 0.15) is 36.1 Å². The molecule has 0 spiro atoms. The molecule has 1 aromatic carbocycles. The molecule has 0 aliphatic carbocycles. The molecule has 0 radical (unpaired) electrons. The Hall–Kier alpha value is -1.02. The lowest BCUT2D eigenvalue weighted by atomic mass is 10.0. The quantitative estimate of drug-likeness (QED) is 0.291. The normalized spacial score (nSPS) is 14.0. The van der Waals surface area contributed by atoms with Gasteiger partial charge in [-0.05, 0) is 50.1 Å². The first-order valence-electron chi connectivity index (χ1n) is 8.11. The lowest BCUT2D eigenvalue weighted by Gasteiger charge is -2.17. The van der Waals surface area contributed by atoms with E-state index >= 15 is 0 Å². The number of nitrogens with two attached hydrogens (primary N) is 4. The summed E-state index contributed by atoms with van der Waals surface area (Å²) in [4.78, 5) is 0. The van der Waals surface area contributed by atoms with Gasteiger partial charge in [0.25, 0.3) is 0 Å². The molecule has 0 aliphatic rings. The minimum absolute atomic E-state index is 0.0323. The minimum atomic E-state index is -0.0323. The summed E-state index contributed by atoms with van der Waals surface area (Å²) < 4.78 is 0. The molecule has 0 amide bonds. The standard InChI is InChI=1S/C16H32N6/c17-6-2-8-21-11-15(19)13-4-1-5-14(10-13)16(20)12-22-9-3-7-18/h1,4-5,10,15-16,21-22H,2-3,6-9,11-12,17-20H2. The van der Waals surface area contributed by atoms with Crippen LogP contribution in [-0.4, -0.2) is 39.3 Å². The van der Waals surface area contributed by atoms with E-state index in [0.29, 0.717) is 13.1 Å². The maximum atomic E-state index is 6.22. The highest BCUT2D eigenvalue weighted by atomic mass is 14.9. The maximum Gasteiger partial charge on any atom is 0.0421 e. The smallest absolute Gasteiger partial charge is 0.0421 e. The third-order valence-corrected chi connectivity index (χ3v) is 3.61. The monoisotopic (exact) mass is 308 g/mol. The predicted octanol–water partition coefficient (Wildman–Crippen LogP) is -0.437. The molecule has 126 valence electrons. The predicted molar refractivity (Wildman–Crippen MR) is 93.4 cm³/mol. The van der Waals surface area contributed by atoms with Crippen LogP contribution in [0.4, 0.5) is 0 Å². The Morgan fingerprint density at radius 1 is 0.818 bits per heavy atom. The molecule has 1 rings (SSSR count). The largest absolute Gasteiger partial charge is 0.330 e. The van der Waals surface area contributed by atoms with Crippen molar-refractivity contribution in [1.82, 2.24) is 10.6 Å². The van der Waals surface area contributed by atoms with Gasteiger partial charge in [-0.3, -0.25) is 0 Å². The lowest BCUT2D eigenvalue weighted by Crippen LogP contribution is -2.30. The van der Waals surface area contributed by atoms with Crippen molar-refractivity contribution in [2.24, 2.45) is 22.9 Å². The Morgan fingerprint density at radius 3 is 1.68 bits per heavy atom. The molecule has 2 atom stereocenters. The van der Waals surface area contributed by atoms with E-state index in [1.54, 1.807) is 0 Å². The Morgan fingerprint density at radius 2 is 1.27 bits per heavy atom. The number of hydrogen-bond donors (Lipinski definition) is 6. The number of nitrogens with one attached hydrogen (secondary N) is 2. The van der Waals surface area contributed by atoms with Crippen LogP contribution in [0, 0.1) is 0 Å². The molecule has 0 heterocycles. The Kier molecular flexibility index (Phi) is 9.98. The highest BCUT2D eigenvalue weighted by molar-refractivity contribution is 5.28. The fourth-order valence-corrected chi connectivity index (χ4v) is 2.23. The van der Waals surface area contributed by atoms with Crippen LogP contribution >= 0.6 is 0 Å². The minimum Gasteiger partial charge on any atom is -0.330 e. The van der Waals surface area contributed by atoms with Crippen molar-refractivity contribution in [3.05, 3.63) is 35.4 Å². The summed E-state index contributed by atoms with van der Waals surface area (Å²) in [6.45, 7) is 4.68. The summed E-state index contributed by atoms with van der Waals surface area (Å²) >= 11 is 0. The van der Waals surface area contributed by atoms with E-state index in [-0.39, 0.29) is 12.1 Å². The SMILES string of the molecule is NCCCNCC(N)c1cccc(C(N)CNCCCN)c1. The zero-order valence-corrected chi connectivity index (χ0v) is 13.4. The van der Waals surface area contributed by atoms with Crippen molar-refractivity contribution in [2.75, 3.05) is 39.3 Å². The van der Waals surface area contributed by atoms with Crippen molar-refractivity contribution >= 4 is 0 Å². The van der Waals surface area contributed by atoms with Crippen molar-refractivity contribution in [1.29, 1.82) is 0 Å². The van der Waals surface area contributed by atoms with Gasteiger partial charge in [-0.15, -0.1) is 0 Å². The molecule has 0 saturated carbocycles. The zero-order chi connectivity index (χ0) is 16.2. The van der Waals surface area contributed by atoms with Crippen molar-refractivity contribution in [3.8, 4) is 0 Å². The van der Waals surface area contributed by atoms with E-state index in [4.69, 9.17) is 22.9 Å². The van der Waals surface area contributed by atoms with Gasteiger partial charge >= 0.3 is 0 Å². The summed E-state index contributed by atoms with van der Waals surface area (Å²) in [5.74, 6) is 0. The second-order valence-corrected chi connectivity index (χ2v) is 5.58. The lowest BCUT2D eigenvalue weighted by molar-refractivity contribution is 0.576. The molecule has 10 N–H and O–H groups in total. The number of rotatable bonds is 12. The van der Waals surface area contributed by atoms with E-state index in [9.17, 15) is 0 Å². The molecular formula is C16H32N6. The molecule has 22 heavy (non-hydrogen) atoms. The fourth-order valence-electron chi connectivity index (χ4n) is 2.23. The van der Waals surface area contributed by atoms with Gasteiger partial charge in [0, 0.05) is 25.2 Å². The van der Waals surface area contributed by atoms with Crippen molar-refractivity contribution in [2.45, 2.75) is 24.9 Å². The molecule has 2 unspecified atom stereocenters. The van der Waals surface area contributed by atoms with Gasteiger partial charge in [-0.2, -0.15) is 0 Å². The Balaban J connectivity index is 2.46. The van der Waals surface area contributed by atoms with E-state index < -0.39 is 0 Å². The highest BCUT2D eigenvalue weighted by Crippen LogP contribution is 2.16. The van der Waals surface area contributed by atoms with Gasteiger partial charge in [0.2, 0.25) is 0 Å². The van der Waals surface area contributed by atoms with Crippen LogP contribution in [0.2, 0.25) is 0 Å². The van der Waals surface area contributed by atoms with Gasteiger partial charge in [0.05, 0.1) is 0 Å². The average molecular weight is 308 g/mol. The second kappa shape index (κ2) is 11.5. The first-order valence-corrected chi connectivity index (χ1v) is 8.11. The van der Waals surface area contributed by atoms with E-state index in [2.05, 4.69) is 16.7 Å². The summed E-state index contributed by atoms with van der Waals surface area (Å²) in [6, 6.07) is 8.15. The van der Waals surface area contributed by atoms with Crippen LogP contribution in [0.15, 0.2) is 24.3 Å². The van der Waals surface area contributed by atoms with Gasteiger partial charge in [0.1, 0.15) is 0 Å². The summed E-state index contributed by atoms with van der Waals surface area (Å²) in [6.07, 6.45) is 1.93. The molecule has 0 aromatic heterocycles.